The van der Waals surface area contributed by atoms with Crippen molar-refractivity contribution in [3.05, 3.63) is 0 Å². The number of carbonyl (C=O) groups excluding carboxylic acids is 1. The molecule has 0 aliphatic carbocycles. The summed E-state index contributed by atoms with van der Waals surface area (Å²) in [6.45, 7) is 12.5. The molecule has 106 valence electrons. The van der Waals surface area contributed by atoms with Gasteiger partial charge in [-0.25, -0.2) is 0 Å². The van der Waals surface area contributed by atoms with Crippen LogP contribution in [0.5, 0.6) is 0 Å². The number of ketones is 1. The number of hydrogen-bond acceptors (Lipinski definition) is 3. The van der Waals surface area contributed by atoms with E-state index in [1.54, 1.807) is 0 Å². The third-order valence-corrected chi connectivity index (χ3v) is 8.68. The summed E-state index contributed by atoms with van der Waals surface area (Å²) in [5.41, 5.74) is 0. The summed E-state index contributed by atoms with van der Waals surface area (Å²) < 4.78 is 11.7. The van der Waals surface area contributed by atoms with Crippen LogP contribution in [-0.4, -0.2) is 33.4 Å². The van der Waals surface area contributed by atoms with E-state index in [1.165, 1.54) is 0 Å². The Kier molecular flexibility index (Phi) is 5.56. The minimum absolute atomic E-state index is 0.224. The van der Waals surface area contributed by atoms with E-state index < -0.39 is 8.32 Å². The van der Waals surface area contributed by atoms with Crippen molar-refractivity contribution in [1.29, 1.82) is 0 Å². The van der Waals surface area contributed by atoms with Crippen LogP contribution in [0.3, 0.4) is 0 Å². The molecule has 0 aromatic rings. The van der Waals surface area contributed by atoms with Crippen LogP contribution in [0.25, 0.3) is 0 Å². The minimum Gasteiger partial charge on any atom is -0.417 e. The molecule has 0 unspecified atom stereocenters. The van der Waals surface area contributed by atoms with Crippen LogP contribution >= 0.6 is 0 Å². The maximum absolute atomic E-state index is 11.8. The van der Waals surface area contributed by atoms with Crippen molar-refractivity contribution in [2.24, 2.45) is 0 Å². The summed E-state index contributed by atoms with van der Waals surface area (Å²) in [6, 6.07) is 0. The predicted molar refractivity (Wildman–Crippen MR) is 76.4 cm³/mol. The summed E-state index contributed by atoms with van der Waals surface area (Å²) in [6.07, 6.45) is 3.14. The Balaban J connectivity index is 2.39. The van der Waals surface area contributed by atoms with Gasteiger partial charge < -0.3 is 9.16 Å². The van der Waals surface area contributed by atoms with Gasteiger partial charge >= 0.3 is 0 Å². The van der Waals surface area contributed by atoms with Gasteiger partial charge in [-0.05, 0) is 31.0 Å². The average Bonchev–Trinajstić information content (AvgIpc) is 2.42. The van der Waals surface area contributed by atoms with Crippen molar-refractivity contribution in [3.8, 4) is 0 Å². The summed E-state index contributed by atoms with van der Waals surface area (Å²) in [7, 11) is -1.69. The molecule has 0 saturated carbocycles. The van der Waals surface area contributed by atoms with Gasteiger partial charge in [0.25, 0.3) is 0 Å². The molecule has 0 spiro atoms. The lowest BCUT2D eigenvalue weighted by Crippen LogP contribution is -2.41. The molecule has 1 aliphatic rings. The van der Waals surface area contributed by atoms with Crippen LogP contribution in [0.4, 0.5) is 0 Å². The smallest absolute Gasteiger partial charge is 0.191 e. The lowest BCUT2D eigenvalue weighted by molar-refractivity contribution is -0.129. The van der Waals surface area contributed by atoms with Gasteiger partial charge in [-0.2, -0.15) is 0 Å². The van der Waals surface area contributed by atoms with Crippen molar-refractivity contribution in [2.45, 2.75) is 70.7 Å². The first-order valence-corrected chi connectivity index (χ1v) is 9.93. The zero-order valence-electron chi connectivity index (χ0n) is 12.5. The van der Waals surface area contributed by atoms with E-state index in [4.69, 9.17) is 9.16 Å². The summed E-state index contributed by atoms with van der Waals surface area (Å²) in [5, 5.41) is 0.224. The van der Waals surface area contributed by atoms with Crippen molar-refractivity contribution >= 4 is 14.1 Å². The van der Waals surface area contributed by atoms with Crippen molar-refractivity contribution in [2.75, 3.05) is 13.2 Å². The number of hydrogen-bond donors (Lipinski definition) is 0. The van der Waals surface area contributed by atoms with Crippen molar-refractivity contribution in [1.82, 2.24) is 0 Å². The zero-order chi connectivity index (χ0) is 13.8. The van der Waals surface area contributed by atoms with Gasteiger partial charge in [-0.1, -0.05) is 20.8 Å². The highest BCUT2D eigenvalue weighted by Gasteiger charge is 2.37. The highest BCUT2D eigenvalue weighted by molar-refractivity contribution is 6.74. The third kappa shape index (κ3) is 4.48. The molecule has 0 bridgehead atoms. The average molecular weight is 272 g/mol. The fourth-order valence-electron chi connectivity index (χ4n) is 1.76. The predicted octanol–water partition coefficient (Wildman–Crippen LogP) is 3.54. The van der Waals surface area contributed by atoms with Gasteiger partial charge in [0, 0.05) is 26.1 Å². The van der Waals surface area contributed by atoms with E-state index in [0.717, 1.165) is 19.4 Å². The Morgan fingerprint density at radius 2 is 2.00 bits per heavy atom. The fraction of sp³-hybridized carbons (Fsp3) is 0.929. The molecule has 0 N–H and O–H groups in total. The monoisotopic (exact) mass is 272 g/mol. The molecular formula is C14H28O3Si. The molecule has 3 nitrogen and oxygen atoms in total. The van der Waals surface area contributed by atoms with Crippen molar-refractivity contribution < 1.29 is 14.0 Å². The number of ether oxygens (including phenoxy) is 1. The summed E-state index contributed by atoms with van der Waals surface area (Å²) in [5.74, 6) is 0.256. The van der Waals surface area contributed by atoms with Gasteiger partial charge in [0.1, 0.15) is 6.10 Å². The van der Waals surface area contributed by atoms with Gasteiger partial charge in [-0.3, -0.25) is 4.79 Å². The minimum atomic E-state index is -1.69. The van der Waals surface area contributed by atoms with Crippen LogP contribution in [0.15, 0.2) is 0 Å². The molecule has 1 saturated heterocycles. The van der Waals surface area contributed by atoms with E-state index in [9.17, 15) is 4.79 Å². The summed E-state index contributed by atoms with van der Waals surface area (Å²) >= 11 is 0. The van der Waals surface area contributed by atoms with E-state index in [0.29, 0.717) is 19.4 Å². The number of Topliss-reactive ketones (excluding diaryl/α,β-unsaturated/α-hetero) is 1. The second kappa shape index (κ2) is 6.31. The van der Waals surface area contributed by atoms with Gasteiger partial charge in [0.05, 0.1) is 0 Å². The summed E-state index contributed by atoms with van der Waals surface area (Å²) in [4.78, 5) is 11.8. The van der Waals surface area contributed by atoms with Crippen LogP contribution in [0.1, 0.15) is 46.5 Å². The fourth-order valence-corrected chi connectivity index (χ4v) is 2.82. The van der Waals surface area contributed by atoms with E-state index >= 15 is 0 Å². The molecule has 1 fully saturated rings. The van der Waals surface area contributed by atoms with Gasteiger partial charge in [0.2, 0.25) is 0 Å². The van der Waals surface area contributed by atoms with Gasteiger partial charge in [-0.15, -0.1) is 0 Å². The SMILES string of the molecule is CC(C)(C)[Si](C)(C)OCC[C@H]1OCCCCC1=O. The molecule has 0 amide bonds. The Hall–Kier alpha value is -0.193. The first kappa shape index (κ1) is 15.9. The highest BCUT2D eigenvalue weighted by atomic mass is 28.4. The Labute approximate surface area is 112 Å². The Bertz CT molecular complexity index is 281. The molecule has 4 heteroatoms. The third-order valence-electron chi connectivity index (χ3n) is 4.14. The van der Waals surface area contributed by atoms with Crippen LogP contribution in [-0.2, 0) is 14.0 Å². The first-order chi connectivity index (χ1) is 8.24. The highest BCUT2D eigenvalue weighted by Crippen LogP contribution is 2.36. The van der Waals surface area contributed by atoms with Crippen molar-refractivity contribution in [3.63, 3.8) is 0 Å². The molecule has 0 radical (unpaired) electrons. The molecule has 1 aliphatic heterocycles. The molecule has 1 atom stereocenters. The first-order valence-electron chi connectivity index (χ1n) is 7.02. The Morgan fingerprint density at radius 3 is 2.61 bits per heavy atom. The van der Waals surface area contributed by atoms with E-state index in [1.807, 2.05) is 0 Å². The molecule has 1 heterocycles. The zero-order valence-corrected chi connectivity index (χ0v) is 13.5. The van der Waals surface area contributed by atoms with E-state index in [2.05, 4.69) is 33.9 Å². The largest absolute Gasteiger partial charge is 0.417 e. The lowest BCUT2D eigenvalue weighted by atomic mass is 10.1. The second-order valence-electron chi connectivity index (χ2n) is 6.68. The maximum atomic E-state index is 11.8. The molecule has 18 heavy (non-hydrogen) atoms. The topological polar surface area (TPSA) is 35.5 Å². The normalized spacial score (nSPS) is 22.9. The molecule has 0 aromatic carbocycles. The van der Waals surface area contributed by atoms with Crippen LogP contribution in [0, 0.1) is 0 Å². The van der Waals surface area contributed by atoms with Gasteiger partial charge in [0.15, 0.2) is 14.1 Å². The Morgan fingerprint density at radius 1 is 1.33 bits per heavy atom. The molecule has 0 aromatic heterocycles. The van der Waals surface area contributed by atoms with Crippen LogP contribution in [0.2, 0.25) is 18.1 Å². The lowest BCUT2D eigenvalue weighted by Gasteiger charge is -2.36. The molecular weight excluding hydrogens is 244 g/mol. The maximum Gasteiger partial charge on any atom is 0.191 e. The standard InChI is InChI=1S/C14H28O3Si/c1-14(2,3)18(4,5)17-11-9-13-12(15)8-6-7-10-16-13/h13H,6-11H2,1-5H3/t13-/m1/s1. The second-order valence-corrected chi connectivity index (χ2v) is 11.5. The van der Waals surface area contributed by atoms with Crippen LogP contribution < -0.4 is 0 Å². The quantitative estimate of drug-likeness (QED) is 0.734. The number of carbonyl (C=O) groups is 1. The van der Waals surface area contributed by atoms with E-state index in [-0.39, 0.29) is 16.9 Å². The number of rotatable bonds is 4. The molecule has 1 rings (SSSR count).